The second kappa shape index (κ2) is 15.1. The van der Waals surface area contributed by atoms with E-state index >= 15 is 0 Å². The topological polar surface area (TPSA) is 75.0 Å². The van der Waals surface area contributed by atoms with Gasteiger partial charge >= 0.3 is 41.6 Å². The lowest BCUT2D eigenvalue weighted by molar-refractivity contribution is -0.368. The Hall–Kier alpha value is -4.31. The molecule has 49 heavy (non-hydrogen) atoms. The third kappa shape index (κ3) is 9.23. The van der Waals surface area contributed by atoms with Gasteiger partial charge in [0.15, 0.2) is 0 Å². The molecule has 1 aromatic heterocycles. The molecule has 0 bridgehead atoms. The van der Waals surface area contributed by atoms with Crippen molar-refractivity contribution in [3.05, 3.63) is 71.1 Å². The van der Waals surface area contributed by atoms with E-state index in [1.165, 1.54) is 18.2 Å². The largest absolute Gasteiger partial charge is 0.573 e. The molecular formula is C32H29F11O6. The number of aryl methyl sites for hydroxylation is 1. The highest BCUT2D eigenvalue weighted by Gasteiger charge is 2.79. The fourth-order valence-corrected chi connectivity index (χ4v) is 4.51. The van der Waals surface area contributed by atoms with Crippen LogP contribution in [0.15, 0.2) is 64.3 Å². The van der Waals surface area contributed by atoms with Crippen molar-refractivity contribution < 1.29 is 71.7 Å². The van der Waals surface area contributed by atoms with Gasteiger partial charge in [-0.3, -0.25) is 0 Å². The molecule has 0 saturated carbocycles. The minimum absolute atomic E-state index is 0.0874. The first kappa shape index (κ1) is 39.1. The van der Waals surface area contributed by atoms with Crippen molar-refractivity contribution in [2.24, 2.45) is 0 Å². The van der Waals surface area contributed by atoms with E-state index in [9.17, 15) is 57.9 Å². The molecule has 17 heteroatoms. The van der Waals surface area contributed by atoms with Crippen LogP contribution < -0.4 is 15.1 Å². The molecule has 0 atom stereocenters. The Morgan fingerprint density at radius 1 is 0.816 bits per heavy atom. The molecule has 0 unspecified atom stereocenters. The van der Waals surface area contributed by atoms with Gasteiger partial charge < -0.3 is 18.6 Å². The quantitative estimate of drug-likeness (QED) is 0.0455. The van der Waals surface area contributed by atoms with Gasteiger partial charge in [-0.05, 0) is 42.7 Å². The zero-order chi connectivity index (χ0) is 36.8. The normalized spacial score (nSPS) is 13.0. The maximum Gasteiger partial charge on any atom is 0.573 e. The van der Waals surface area contributed by atoms with Crippen molar-refractivity contribution in [1.29, 1.82) is 0 Å². The highest BCUT2D eigenvalue weighted by Crippen LogP contribution is 2.54. The Bertz CT molecular complexity index is 1680. The van der Waals surface area contributed by atoms with Gasteiger partial charge in [0.1, 0.15) is 17.1 Å². The SMILES string of the molecule is C=CC(=O)OCCC(F)(F)C(F)(F)C(F)(F)C(F)(F)CCOc1ccc2cc(-c3ccc(CCCCC)cc3OC(F)(F)F)c(=O)oc2c1. The standard InChI is InChI=1S/C32H29F11O6/c1-3-5-6-7-19-8-11-22(25(16-19)49-32(41,42)43)23-17-20-9-10-21(18-24(20)48-27(23)45)46-14-12-28(33,34)30(37,38)31(39,40)29(35,36)13-15-47-26(44)4-2/h4,8-11,16-18H,2-3,5-7,12-15H2,1H3. The number of benzene rings is 2. The summed E-state index contributed by atoms with van der Waals surface area (Å²) in [6.45, 7) is 1.96. The summed E-state index contributed by atoms with van der Waals surface area (Å²) in [5, 5.41) is 0.0874. The third-order valence-corrected chi connectivity index (χ3v) is 7.16. The number of unbranched alkanes of at least 4 members (excludes halogenated alkanes) is 2. The van der Waals surface area contributed by atoms with E-state index in [0.29, 0.717) is 24.5 Å². The van der Waals surface area contributed by atoms with Crippen LogP contribution in [0.2, 0.25) is 0 Å². The minimum Gasteiger partial charge on any atom is -0.493 e. The third-order valence-electron chi connectivity index (χ3n) is 7.16. The van der Waals surface area contributed by atoms with E-state index in [2.05, 4.69) is 16.1 Å². The first-order valence-electron chi connectivity index (χ1n) is 14.6. The molecular weight excluding hydrogens is 689 g/mol. The van der Waals surface area contributed by atoms with Crippen LogP contribution in [-0.2, 0) is 16.0 Å². The molecule has 0 amide bonds. The highest BCUT2D eigenvalue weighted by atomic mass is 19.4. The monoisotopic (exact) mass is 718 g/mol. The highest BCUT2D eigenvalue weighted by molar-refractivity contribution is 5.84. The Balaban J connectivity index is 1.79. The Kier molecular flexibility index (Phi) is 12.0. The fraction of sp³-hybridized carbons (Fsp3) is 0.438. The smallest absolute Gasteiger partial charge is 0.493 e. The molecule has 0 aliphatic heterocycles. The summed E-state index contributed by atoms with van der Waals surface area (Å²) in [4.78, 5) is 23.7. The lowest BCUT2D eigenvalue weighted by Crippen LogP contribution is -2.62. The van der Waals surface area contributed by atoms with Gasteiger partial charge in [0.05, 0.1) is 31.6 Å². The lowest BCUT2D eigenvalue weighted by atomic mass is 9.95. The van der Waals surface area contributed by atoms with Gasteiger partial charge in [-0.1, -0.05) is 38.5 Å². The number of alkyl halides is 11. The average molecular weight is 719 g/mol. The summed E-state index contributed by atoms with van der Waals surface area (Å²) in [7, 11) is 0. The number of halogens is 11. The predicted molar refractivity (Wildman–Crippen MR) is 154 cm³/mol. The first-order chi connectivity index (χ1) is 22.7. The Morgan fingerprint density at radius 3 is 2.04 bits per heavy atom. The van der Waals surface area contributed by atoms with Crippen LogP contribution in [0.4, 0.5) is 48.3 Å². The van der Waals surface area contributed by atoms with Gasteiger partial charge in [0, 0.05) is 23.1 Å². The van der Waals surface area contributed by atoms with Crippen LogP contribution in [0.5, 0.6) is 11.5 Å². The molecule has 0 aliphatic carbocycles. The van der Waals surface area contributed by atoms with Crippen molar-refractivity contribution >= 4 is 16.9 Å². The number of carbonyl (C=O) groups excluding carboxylic acids is 1. The number of rotatable bonds is 17. The molecule has 0 aliphatic rings. The second-order valence-electron chi connectivity index (χ2n) is 10.8. The van der Waals surface area contributed by atoms with Crippen molar-refractivity contribution in [1.82, 2.24) is 0 Å². The van der Waals surface area contributed by atoms with Crippen LogP contribution >= 0.6 is 0 Å². The molecule has 0 spiro atoms. The second-order valence-corrected chi connectivity index (χ2v) is 10.8. The number of hydrogen-bond donors (Lipinski definition) is 0. The summed E-state index contributed by atoms with van der Waals surface area (Å²) in [6.07, 6.45) is -6.15. The maximum atomic E-state index is 14.3. The molecule has 3 aromatic rings. The number of carbonyl (C=O) groups is 1. The maximum absolute atomic E-state index is 14.3. The van der Waals surface area contributed by atoms with E-state index in [0.717, 1.165) is 37.1 Å². The van der Waals surface area contributed by atoms with Crippen LogP contribution in [0, 0.1) is 0 Å². The molecule has 0 radical (unpaired) electrons. The summed E-state index contributed by atoms with van der Waals surface area (Å²) >= 11 is 0. The Morgan fingerprint density at radius 2 is 1.45 bits per heavy atom. The first-order valence-corrected chi connectivity index (χ1v) is 14.6. The van der Waals surface area contributed by atoms with Crippen LogP contribution in [0.3, 0.4) is 0 Å². The molecule has 6 nitrogen and oxygen atoms in total. The summed E-state index contributed by atoms with van der Waals surface area (Å²) in [5.41, 5.74) is -1.50. The fourth-order valence-electron chi connectivity index (χ4n) is 4.51. The number of fused-ring (bicyclic) bond motifs is 1. The van der Waals surface area contributed by atoms with Gasteiger partial charge in [0.25, 0.3) is 0 Å². The van der Waals surface area contributed by atoms with Crippen LogP contribution in [0.25, 0.3) is 22.1 Å². The van der Waals surface area contributed by atoms with Gasteiger partial charge in [-0.2, -0.15) is 35.1 Å². The molecule has 0 N–H and O–H groups in total. The van der Waals surface area contributed by atoms with Crippen molar-refractivity contribution in [3.63, 3.8) is 0 Å². The predicted octanol–water partition coefficient (Wildman–Crippen LogP) is 9.52. The molecule has 3 rings (SSSR count). The summed E-state index contributed by atoms with van der Waals surface area (Å²) < 4.78 is 171. The van der Waals surface area contributed by atoms with Crippen molar-refractivity contribution in [3.8, 4) is 22.6 Å². The summed E-state index contributed by atoms with van der Waals surface area (Å²) in [5.74, 6) is -27.1. The van der Waals surface area contributed by atoms with E-state index in [-0.39, 0.29) is 22.1 Å². The average Bonchev–Trinajstić information content (AvgIpc) is 2.99. The van der Waals surface area contributed by atoms with Gasteiger partial charge in [-0.25, -0.2) is 9.59 Å². The van der Waals surface area contributed by atoms with E-state index in [4.69, 9.17) is 9.15 Å². The van der Waals surface area contributed by atoms with Crippen LogP contribution in [0.1, 0.15) is 44.6 Å². The molecule has 270 valence electrons. The van der Waals surface area contributed by atoms with E-state index < -0.39 is 79.2 Å². The number of ether oxygens (including phenoxy) is 3. The van der Waals surface area contributed by atoms with Gasteiger partial charge in [0.2, 0.25) is 0 Å². The molecule has 0 saturated heterocycles. The summed E-state index contributed by atoms with van der Waals surface area (Å²) in [6, 6.07) is 8.22. The number of esters is 1. The minimum atomic E-state index is -6.59. The zero-order valence-electron chi connectivity index (χ0n) is 25.6. The van der Waals surface area contributed by atoms with Crippen molar-refractivity contribution in [2.75, 3.05) is 13.2 Å². The Labute approximate surface area is 271 Å². The van der Waals surface area contributed by atoms with Crippen molar-refractivity contribution in [2.45, 2.75) is 75.5 Å². The zero-order valence-corrected chi connectivity index (χ0v) is 25.6. The molecule has 1 heterocycles. The number of hydrogen-bond acceptors (Lipinski definition) is 6. The molecule has 2 aromatic carbocycles. The van der Waals surface area contributed by atoms with E-state index in [1.54, 1.807) is 0 Å². The lowest BCUT2D eigenvalue weighted by Gasteiger charge is -2.36. The van der Waals surface area contributed by atoms with Gasteiger partial charge in [-0.15, -0.1) is 13.2 Å². The van der Waals surface area contributed by atoms with Crippen LogP contribution in [-0.4, -0.2) is 49.2 Å². The molecule has 0 fully saturated rings. The van der Waals surface area contributed by atoms with E-state index in [1.807, 2.05) is 6.92 Å².